The van der Waals surface area contributed by atoms with Gasteiger partial charge in [-0.2, -0.15) is 0 Å². The Bertz CT molecular complexity index is 347. The third-order valence-corrected chi connectivity index (χ3v) is 3.46. The highest BCUT2D eigenvalue weighted by molar-refractivity contribution is 5.46. The quantitative estimate of drug-likeness (QED) is 0.757. The van der Waals surface area contributed by atoms with Gasteiger partial charge in [-0.25, -0.2) is 9.97 Å². The van der Waals surface area contributed by atoms with Crippen molar-refractivity contribution < 1.29 is 0 Å². The molecule has 1 aliphatic carbocycles. The molecule has 100 valence electrons. The molecule has 2 rings (SSSR count). The van der Waals surface area contributed by atoms with Crippen molar-refractivity contribution in [1.29, 1.82) is 0 Å². The van der Waals surface area contributed by atoms with E-state index in [9.17, 15) is 0 Å². The summed E-state index contributed by atoms with van der Waals surface area (Å²) in [5.74, 6) is 1.88. The zero-order valence-corrected chi connectivity index (χ0v) is 11.3. The number of nitrogens with zero attached hydrogens (tertiary/aromatic N) is 2. The van der Waals surface area contributed by atoms with Crippen molar-refractivity contribution in [1.82, 2.24) is 9.97 Å². The van der Waals surface area contributed by atoms with Crippen LogP contribution in [0.4, 0.5) is 11.6 Å². The molecular formula is C14H24N4. The molecule has 0 amide bonds. The fourth-order valence-corrected chi connectivity index (χ4v) is 2.38. The minimum absolute atomic E-state index is 0.595. The van der Waals surface area contributed by atoms with Crippen LogP contribution in [0.5, 0.6) is 0 Å². The molecule has 4 heteroatoms. The van der Waals surface area contributed by atoms with Gasteiger partial charge in [-0.3, -0.25) is 0 Å². The summed E-state index contributed by atoms with van der Waals surface area (Å²) in [5.41, 5.74) is 0. The topological polar surface area (TPSA) is 49.8 Å². The summed E-state index contributed by atoms with van der Waals surface area (Å²) in [6.07, 6.45) is 10.6. The molecule has 0 radical (unpaired) electrons. The van der Waals surface area contributed by atoms with Crippen molar-refractivity contribution in [2.24, 2.45) is 0 Å². The van der Waals surface area contributed by atoms with E-state index in [0.29, 0.717) is 6.04 Å². The zero-order valence-electron chi connectivity index (χ0n) is 11.3. The number of anilines is 2. The van der Waals surface area contributed by atoms with Gasteiger partial charge in [0, 0.05) is 18.7 Å². The largest absolute Gasteiger partial charge is 0.370 e. The highest BCUT2D eigenvalue weighted by atomic mass is 15.1. The van der Waals surface area contributed by atoms with Gasteiger partial charge in [0.1, 0.15) is 18.0 Å². The fourth-order valence-electron chi connectivity index (χ4n) is 2.38. The van der Waals surface area contributed by atoms with Crippen LogP contribution in [0.2, 0.25) is 0 Å². The SMILES string of the molecule is CCCCNc1cc(NC2CCCCC2)ncn1. The van der Waals surface area contributed by atoms with Gasteiger partial charge in [0.2, 0.25) is 0 Å². The van der Waals surface area contributed by atoms with E-state index in [1.165, 1.54) is 44.9 Å². The van der Waals surface area contributed by atoms with Crippen LogP contribution in [-0.2, 0) is 0 Å². The van der Waals surface area contributed by atoms with Gasteiger partial charge in [-0.1, -0.05) is 32.6 Å². The molecule has 0 bridgehead atoms. The van der Waals surface area contributed by atoms with Crippen molar-refractivity contribution in [3.63, 3.8) is 0 Å². The van der Waals surface area contributed by atoms with Gasteiger partial charge in [0.25, 0.3) is 0 Å². The lowest BCUT2D eigenvalue weighted by molar-refractivity contribution is 0.462. The first-order valence-electron chi connectivity index (χ1n) is 7.21. The molecule has 0 aliphatic heterocycles. The van der Waals surface area contributed by atoms with Gasteiger partial charge < -0.3 is 10.6 Å². The molecule has 1 heterocycles. The normalized spacial score (nSPS) is 16.5. The number of rotatable bonds is 6. The first kappa shape index (κ1) is 13.1. The minimum atomic E-state index is 0.595. The van der Waals surface area contributed by atoms with Crippen molar-refractivity contribution in [3.05, 3.63) is 12.4 Å². The maximum absolute atomic E-state index is 4.30. The van der Waals surface area contributed by atoms with Crippen LogP contribution < -0.4 is 10.6 Å². The fraction of sp³-hybridized carbons (Fsp3) is 0.714. The Morgan fingerprint density at radius 2 is 1.94 bits per heavy atom. The standard InChI is InChI=1S/C14H24N4/c1-2-3-9-15-13-10-14(17-11-16-13)18-12-7-5-4-6-8-12/h10-12H,2-9H2,1H3,(H2,15,16,17,18). The van der Waals surface area contributed by atoms with Crippen LogP contribution in [0.15, 0.2) is 12.4 Å². The summed E-state index contributed by atoms with van der Waals surface area (Å²) < 4.78 is 0. The second-order valence-corrected chi connectivity index (χ2v) is 5.05. The predicted molar refractivity (Wildman–Crippen MR) is 75.9 cm³/mol. The molecule has 1 saturated carbocycles. The van der Waals surface area contributed by atoms with Gasteiger partial charge in [-0.15, -0.1) is 0 Å². The molecule has 0 unspecified atom stereocenters. The Morgan fingerprint density at radius 3 is 2.72 bits per heavy atom. The number of unbranched alkanes of at least 4 members (excludes halogenated alkanes) is 1. The number of aromatic nitrogens is 2. The van der Waals surface area contributed by atoms with Crippen molar-refractivity contribution >= 4 is 11.6 Å². The molecule has 0 saturated heterocycles. The zero-order chi connectivity index (χ0) is 12.6. The molecule has 18 heavy (non-hydrogen) atoms. The molecular weight excluding hydrogens is 224 g/mol. The summed E-state index contributed by atoms with van der Waals surface area (Å²) in [7, 11) is 0. The Labute approximate surface area is 110 Å². The molecule has 1 aromatic heterocycles. The van der Waals surface area contributed by atoms with Gasteiger partial charge in [0.15, 0.2) is 0 Å². The van der Waals surface area contributed by atoms with Crippen LogP contribution in [0.25, 0.3) is 0 Å². The third-order valence-electron chi connectivity index (χ3n) is 3.46. The Hall–Kier alpha value is -1.32. The third kappa shape index (κ3) is 4.17. The highest BCUT2D eigenvalue weighted by Gasteiger charge is 2.13. The Kier molecular flexibility index (Phi) is 5.24. The van der Waals surface area contributed by atoms with Crippen LogP contribution in [-0.4, -0.2) is 22.6 Å². The second kappa shape index (κ2) is 7.19. The Morgan fingerprint density at radius 1 is 1.17 bits per heavy atom. The van der Waals surface area contributed by atoms with E-state index in [4.69, 9.17) is 0 Å². The molecule has 1 aliphatic rings. The molecule has 0 aromatic carbocycles. The van der Waals surface area contributed by atoms with Crippen LogP contribution >= 0.6 is 0 Å². The maximum Gasteiger partial charge on any atom is 0.131 e. The van der Waals surface area contributed by atoms with E-state index >= 15 is 0 Å². The van der Waals surface area contributed by atoms with Gasteiger partial charge >= 0.3 is 0 Å². The molecule has 1 fully saturated rings. The van der Waals surface area contributed by atoms with Crippen LogP contribution in [0, 0.1) is 0 Å². The lowest BCUT2D eigenvalue weighted by atomic mass is 9.95. The summed E-state index contributed by atoms with van der Waals surface area (Å²) in [4.78, 5) is 8.54. The summed E-state index contributed by atoms with van der Waals surface area (Å²) in [5, 5.41) is 6.85. The number of hydrogen-bond acceptors (Lipinski definition) is 4. The van der Waals surface area contributed by atoms with E-state index in [1.807, 2.05) is 6.07 Å². The summed E-state index contributed by atoms with van der Waals surface area (Å²) >= 11 is 0. The maximum atomic E-state index is 4.30. The highest BCUT2D eigenvalue weighted by Crippen LogP contribution is 2.21. The Balaban J connectivity index is 1.85. The second-order valence-electron chi connectivity index (χ2n) is 5.05. The summed E-state index contributed by atoms with van der Waals surface area (Å²) in [6, 6.07) is 2.61. The van der Waals surface area contributed by atoms with Crippen LogP contribution in [0.3, 0.4) is 0 Å². The minimum Gasteiger partial charge on any atom is -0.370 e. The van der Waals surface area contributed by atoms with Crippen molar-refractivity contribution in [2.45, 2.75) is 57.9 Å². The number of hydrogen-bond donors (Lipinski definition) is 2. The van der Waals surface area contributed by atoms with Crippen LogP contribution in [0.1, 0.15) is 51.9 Å². The average molecular weight is 248 g/mol. The summed E-state index contributed by atoms with van der Waals surface area (Å²) in [6.45, 7) is 3.17. The van der Waals surface area contributed by atoms with Gasteiger partial charge in [0.05, 0.1) is 0 Å². The lowest BCUT2D eigenvalue weighted by Crippen LogP contribution is -2.22. The number of nitrogens with one attached hydrogen (secondary N) is 2. The monoisotopic (exact) mass is 248 g/mol. The first-order valence-corrected chi connectivity index (χ1v) is 7.21. The van der Waals surface area contributed by atoms with E-state index in [1.54, 1.807) is 6.33 Å². The molecule has 0 atom stereocenters. The first-order chi connectivity index (χ1) is 8.88. The molecule has 2 N–H and O–H groups in total. The van der Waals surface area contributed by atoms with E-state index < -0.39 is 0 Å². The average Bonchev–Trinajstić information content (AvgIpc) is 2.41. The van der Waals surface area contributed by atoms with E-state index in [0.717, 1.165) is 18.2 Å². The molecule has 4 nitrogen and oxygen atoms in total. The smallest absolute Gasteiger partial charge is 0.131 e. The molecule has 1 aromatic rings. The van der Waals surface area contributed by atoms with Crippen molar-refractivity contribution in [3.8, 4) is 0 Å². The van der Waals surface area contributed by atoms with E-state index in [2.05, 4.69) is 27.5 Å². The molecule has 0 spiro atoms. The van der Waals surface area contributed by atoms with Crippen molar-refractivity contribution in [2.75, 3.05) is 17.2 Å². The van der Waals surface area contributed by atoms with Gasteiger partial charge in [-0.05, 0) is 19.3 Å². The predicted octanol–water partition coefficient (Wildman–Crippen LogP) is 3.43. The van der Waals surface area contributed by atoms with E-state index in [-0.39, 0.29) is 0 Å². The lowest BCUT2D eigenvalue weighted by Gasteiger charge is -2.23.